The van der Waals surface area contributed by atoms with E-state index in [2.05, 4.69) is 36.3 Å². The lowest BCUT2D eigenvalue weighted by Gasteiger charge is -2.08. The van der Waals surface area contributed by atoms with E-state index in [9.17, 15) is 0 Å². The van der Waals surface area contributed by atoms with Gasteiger partial charge in [0.1, 0.15) is 5.15 Å². The van der Waals surface area contributed by atoms with Crippen molar-refractivity contribution in [3.05, 3.63) is 33.9 Å². The van der Waals surface area contributed by atoms with E-state index in [1.807, 2.05) is 24.9 Å². The predicted molar refractivity (Wildman–Crippen MR) is 81.0 cm³/mol. The Morgan fingerprint density at radius 2 is 2.05 bits per heavy atom. The lowest BCUT2D eigenvalue weighted by atomic mass is 10.2. The van der Waals surface area contributed by atoms with Crippen LogP contribution in [0.1, 0.15) is 36.4 Å². The molecule has 0 bridgehead atoms. The maximum absolute atomic E-state index is 6.27. The molecule has 0 radical (unpaired) electrons. The van der Waals surface area contributed by atoms with E-state index in [1.165, 1.54) is 5.56 Å². The van der Waals surface area contributed by atoms with Gasteiger partial charge in [0.2, 0.25) is 0 Å². The summed E-state index contributed by atoms with van der Waals surface area (Å²) in [5.74, 6) is 0. The Kier molecular flexibility index (Phi) is 4.50. The number of halogens is 1. The van der Waals surface area contributed by atoms with Gasteiger partial charge in [0.15, 0.2) is 0 Å². The third kappa shape index (κ3) is 3.04. The van der Waals surface area contributed by atoms with Gasteiger partial charge in [-0.25, -0.2) is 0 Å². The van der Waals surface area contributed by atoms with Crippen molar-refractivity contribution >= 4 is 11.6 Å². The lowest BCUT2D eigenvalue weighted by Crippen LogP contribution is -2.22. The zero-order chi connectivity index (χ0) is 14.9. The highest BCUT2D eigenvalue weighted by Gasteiger charge is 2.14. The molecule has 0 saturated carbocycles. The van der Waals surface area contributed by atoms with Gasteiger partial charge in [-0.2, -0.15) is 10.2 Å². The topological polar surface area (TPSA) is 47.7 Å². The predicted octanol–water partition coefficient (Wildman–Crippen LogP) is 2.43. The van der Waals surface area contributed by atoms with Gasteiger partial charge in [-0.05, 0) is 13.8 Å². The SMILES string of the molecule is Cc1nn(C)c(Cl)c1Cn1ncc(CNC(C)C)c1C. The number of nitrogens with zero attached hydrogens (tertiary/aromatic N) is 4. The van der Waals surface area contributed by atoms with Crippen LogP contribution in [0.5, 0.6) is 0 Å². The zero-order valence-corrected chi connectivity index (χ0v) is 13.5. The summed E-state index contributed by atoms with van der Waals surface area (Å²) >= 11 is 6.27. The smallest absolute Gasteiger partial charge is 0.132 e. The summed E-state index contributed by atoms with van der Waals surface area (Å²) in [5.41, 5.74) is 4.37. The molecule has 2 rings (SSSR count). The summed E-state index contributed by atoms with van der Waals surface area (Å²) in [7, 11) is 1.85. The third-order valence-electron chi connectivity index (χ3n) is 3.48. The van der Waals surface area contributed by atoms with Crippen molar-refractivity contribution in [2.75, 3.05) is 0 Å². The number of rotatable bonds is 5. The van der Waals surface area contributed by atoms with Crippen LogP contribution in [0.4, 0.5) is 0 Å². The number of hydrogen-bond acceptors (Lipinski definition) is 3. The first-order valence-corrected chi connectivity index (χ1v) is 7.20. The third-order valence-corrected chi connectivity index (χ3v) is 3.96. The Bertz CT molecular complexity index is 597. The van der Waals surface area contributed by atoms with E-state index in [-0.39, 0.29) is 0 Å². The van der Waals surface area contributed by atoms with Crippen molar-refractivity contribution in [2.45, 2.75) is 46.8 Å². The van der Waals surface area contributed by atoms with Crippen molar-refractivity contribution in [1.29, 1.82) is 0 Å². The number of hydrogen-bond donors (Lipinski definition) is 1. The molecule has 2 aromatic rings. The Labute approximate surface area is 124 Å². The molecule has 1 N–H and O–H groups in total. The first-order valence-electron chi connectivity index (χ1n) is 6.82. The molecule has 5 nitrogen and oxygen atoms in total. The second kappa shape index (κ2) is 5.97. The van der Waals surface area contributed by atoms with Crippen molar-refractivity contribution in [1.82, 2.24) is 24.9 Å². The molecule has 0 aliphatic carbocycles. The van der Waals surface area contributed by atoms with Gasteiger partial charge in [-0.15, -0.1) is 0 Å². The van der Waals surface area contributed by atoms with Gasteiger partial charge < -0.3 is 5.32 Å². The van der Waals surface area contributed by atoms with E-state index in [4.69, 9.17) is 11.6 Å². The van der Waals surface area contributed by atoms with Crippen LogP contribution in [-0.2, 0) is 20.1 Å². The molecule has 110 valence electrons. The second-order valence-corrected chi connectivity index (χ2v) is 5.78. The second-order valence-electron chi connectivity index (χ2n) is 5.43. The van der Waals surface area contributed by atoms with Crippen LogP contribution in [0.25, 0.3) is 0 Å². The maximum atomic E-state index is 6.27. The fourth-order valence-electron chi connectivity index (χ4n) is 2.14. The molecule has 0 aliphatic rings. The molecule has 0 aliphatic heterocycles. The van der Waals surface area contributed by atoms with E-state index in [0.717, 1.165) is 23.5 Å². The molecular formula is C14H22ClN5. The molecule has 6 heteroatoms. The van der Waals surface area contributed by atoms with Gasteiger partial charge in [0, 0.05) is 36.5 Å². The summed E-state index contributed by atoms with van der Waals surface area (Å²) in [4.78, 5) is 0. The van der Waals surface area contributed by atoms with E-state index < -0.39 is 0 Å². The van der Waals surface area contributed by atoms with Crippen molar-refractivity contribution < 1.29 is 0 Å². The van der Waals surface area contributed by atoms with Gasteiger partial charge in [0.25, 0.3) is 0 Å². The number of aromatic nitrogens is 4. The average molecular weight is 296 g/mol. The summed E-state index contributed by atoms with van der Waals surface area (Å²) in [6.07, 6.45) is 1.92. The Balaban J connectivity index is 2.18. The molecule has 0 unspecified atom stereocenters. The van der Waals surface area contributed by atoms with Gasteiger partial charge in [-0.1, -0.05) is 25.4 Å². The summed E-state index contributed by atoms with van der Waals surface area (Å²) < 4.78 is 3.68. The van der Waals surface area contributed by atoms with Crippen LogP contribution in [0.15, 0.2) is 6.20 Å². The highest BCUT2D eigenvalue weighted by Crippen LogP contribution is 2.20. The van der Waals surface area contributed by atoms with Crippen LogP contribution in [0.2, 0.25) is 5.15 Å². The summed E-state index contributed by atoms with van der Waals surface area (Å²) in [6.45, 7) is 9.83. The van der Waals surface area contributed by atoms with Gasteiger partial charge in [-0.3, -0.25) is 9.36 Å². The molecular weight excluding hydrogens is 274 g/mol. The highest BCUT2D eigenvalue weighted by molar-refractivity contribution is 6.30. The van der Waals surface area contributed by atoms with E-state index in [1.54, 1.807) is 4.68 Å². The molecule has 0 aromatic carbocycles. The quantitative estimate of drug-likeness (QED) is 0.921. The first-order chi connectivity index (χ1) is 9.40. The van der Waals surface area contributed by atoms with Crippen LogP contribution >= 0.6 is 11.6 Å². The van der Waals surface area contributed by atoms with Crippen molar-refractivity contribution in [3.8, 4) is 0 Å². The van der Waals surface area contributed by atoms with Crippen LogP contribution in [0, 0.1) is 13.8 Å². The largest absolute Gasteiger partial charge is 0.310 e. The molecule has 0 amide bonds. The maximum Gasteiger partial charge on any atom is 0.132 e. The molecule has 0 atom stereocenters. The molecule has 20 heavy (non-hydrogen) atoms. The van der Waals surface area contributed by atoms with Crippen molar-refractivity contribution in [3.63, 3.8) is 0 Å². The molecule has 2 aromatic heterocycles. The molecule has 0 saturated heterocycles. The van der Waals surface area contributed by atoms with E-state index in [0.29, 0.717) is 17.7 Å². The minimum absolute atomic E-state index is 0.466. The fraction of sp³-hybridized carbons (Fsp3) is 0.571. The first kappa shape index (κ1) is 15.1. The summed E-state index contributed by atoms with van der Waals surface area (Å²) in [5, 5.41) is 12.9. The van der Waals surface area contributed by atoms with E-state index >= 15 is 0 Å². The van der Waals surface area contributed by atoms with Crippen LogP contribution in [0.3, 0.4) is 0 Å². The van der Waals surface area contributed by atoms with Gasteiger partial charge in [0.05, 0.1) is 18.4 Å². The Morgan fingerprint density at radius 3 is 2.60 bits per heavy atom. The van der Waals surface area contributed by atoms with Crippen LogP contribution in [-0.4, -0.2) is 25.6 Å². The average Bonchev–Trinajstić information content (AvgIpc) is 2.83. The van der Waals surface area contributed by atoms with Crippen molar-refractivity contribution in [2.24, 2.45) is 7.05 Å². The molecule has 0 fully saturated rings. The minimum Gasteiger partial charge on any atom is -0.310 e. The Morgan fingerprint density at radius 1 is 1.35 bits per heavy atom. The molecule has 0 spiro atoms. The number of nitrogens with one attached hydrogen (secondary N) is 1. The fourth-order valence-corrected chi connectivity index (χ4v) is 2.37. The normalized spacial score (nSPS) is 11.6. The highest BCUT2D eigenvalue weighted by atomic mass is 35.5. The monoisotopic (exact) mass is 295 g/mol. The number of aryl methyl sites for hydroxylation is 2. The minimum atomic E-state index is 0.466. The van der Waals surface area contributed by atoms with Crippen LogP contribution < -0.4 is 5.32 Å². The lowest BCUT2D eigenvalue weighted by molar-refractivity contribution is 0.585. The summed E-state index contributed by atoms with van der Waals surface area (Å²) in [6, 6.07) is 0.466. The molecule has 2 heterocycles. The Hall–Kier alpha value is -1.33. The zero-order valence-electron chi connectivity index (χ0n) is 12.7. The standard InChI is InChI=1S/C14H22ClN5/c1-9(2)16-6-12-7-17-20(11(12)4)8-13-10(3)18-19(5)14(13)15/h7,9,16H,6,8H2,1-5H3. The van der Waals surface area contributed by atoms with Gasteiger partial charge >= 0.3 is 0 Å².